The summed E-state index contributed by atoms with van der Waals surface area (Å²) in [7, 11) is 0. The number of amides is 1. The Morgan fingerprint density at radius 1 is 1.37 bits per heavy atom. The molecule has 1 atom stereocenters. The molecule has 3 aromatic heterocycles. The molecule has 3 aromatic rings. The third-order valence-electron chi connectivity index (χ3n) is 5.28. The molecule has 1 fully saturated rings. The Labute approximate surface area is 156 Å². The number of aromatic amines is 1. The van der Waals surface area contributed by atoms with Crippen LogP contribution in [0, 0.1) is 13.8 Å². The molecule has 1 N–H and O–H groups in total. The lowest BCUT2D eigenvalue weighted by Gasteiger charge is -2.31. The number of fused-ring (bicyclic) bond motifs is 1. The van der Waals surface area contributed by atoms with E-state index < -0.39 is 0 Å². The highest BCUT2D eigenvalue weighted by molar-refractivity contribution is 5.91. The summed E-state index contributed by atoms with van der Waals surface area (Å²) in [4.78, 5) is 31.6. The second-order valence-electron chi connectivity index (χ2n) is 7.16. The molecule has 0 unspecified atom stereocenters. The molecule has 27 heavy (non-hydrogen) atoms. The van der Waals surface area contributed by atoms with E-state index in [2.05, 4.69) is 15.2 Å². The van der Waals surface area contributed by atoms with Crippen molar-refractivity contribution in [1.29, 1.82) is 0 Å². The molecular formula is C19H23N5O3. The largest absolute Gasteiger partial charge is 0.351 e. The molecule has 4 heterocycles. The molecule has 0 radical (unpaired) electrons. The van der Waals surface area contributed by atoms with Gasteiger partial charge in [0.15, 0.2) is 5.65 Å². The topological polar surface area (TPSA) is 96.5 Å². The Kier molecular flexibility index (Phi) is 4.33. The molecule has 0 saturated carbocycles. The van der Waals surface area contributed by atoms with Crippen LogP contribution >= 0.6 is 0 Å². The zero-order valence-corrected chi connectivity index (χ0v) is 15.8. The average Bonchev–Trinajstić information content (AvgIpc) is 3.28. The van der Waals surface area contributed by atoms with E-state index in [9.17, 15) is 9.59 Å². The summed E-state index contributed by atoms with van der Waals surface area (Å²) in [6.07, 6.45) is 2.48. The summed E-state index contributed by atoms with van der Waals surface area (Å²) in [5, 5.41) is 7.00. The zero-order valence-electron chi connectivity index (χ0n) is 15.8. The van der Waals surface area contributed by atoms with Crippen LogP contribution in [-0.2, 0) is 6.42 Å². The van der Waals surface area contributed by atoms with Crippen LogP contribution in [0.4, 0.5) is 0 Å². The van der Waals surface area contributed by atoms with Gasteiger partial charge < -0.3 is 9.42 Å². The maximum atomic E-state index is 12.7. The molecule has 1 amide bonds. The van der Waals surface area contributed by atoms with Crippen LogP contribution in [0.25, 0.3) is 5.65 Å². The van der Waals surface area contributed by atoms with Crippen molar-refractivity contribution in [3.8, 4) is 0 Å². The van der Waals surface area contributed by atoms with Gasteiger partial charge in [0.05, 0.1) is 5.69 Å². The number of hydrogen-bond donors (Lipinski definition) is 1. The van der Waals surface area contributed by atoms with Gasteiger partial charge in [0.25, 0.3) is 11.5 Å². The smallest absolute Gasteiger partial charge is 0.292 e. The molecule has 1 aliphatic heterocycles. The number of nitrogens with zero attached hydrogens (tertiary/aromatic N) is 4. The highest BCUT2D eigenvalue weighted by atomic mass is 16.5. The summed E-state index contributed by atoms with van der Waals surface area (Å²) in [6.45, 7) is 6.87. The van der Waals surface area contributed by atoms with Crippen molar-refractivity contribution < 1.29 is 9.32 Å². The van der Waals surface area contributed by atoms with Crippen LogP contribution in [0.5, 0.6) is 0 Å². The Morgan fingerprint density at radius 2 is 2.19 bits per heavy atom. The number of H-pyrrole nitrogens is 1. The van der Waals surface area contributed by atoms with Crippen LogP contribution < -0.4 is 5.56 Å². The van der Waals surface area contributed by atoms with Crippen molar-refractivity contribution >= 4 is 11.6 Å². The number of aryl methyl sites for hydroxylation is 2. The van der Waals surface area contributed by atoms with E-state index in [1.807, 2.05) is 19.9 Å². The Balaban J connectivity index is 1.62. The number of aromatic nitrogens is 4. The van der Waals surface area contributed by atoms with Crippen molar-refractivity contribution in [2.75, 3.05) is 13.1 Å². The summed E-state index contributed by atoms with van der Waals surface area (Å²) < 4.78 is 6.63. The number of rotatable bonds is 3. The summed E-state index contributed by atoms with van der Waals surface area (Å²) in [5.74, 6) is 0.250. The average molecular weight is 369 g/mol. The normalized spacial score (nSPS) is 17.6. The first kappa shape index (κ1) is 17.5. The minimum Gasteiger partial charge on any atom is -0.351 e. The quantitative estimate of drug-likeness (QED) is 0.763. The van der Waals surface area contributed by atoms with Gasteiger partial charge in [0.2, 0.25) is 5.76 Å². The molecular weight excluding hydrogens is 346 g/mol. The van der Waals surface area contributed by atoms with Crippen LogP contribution in [-0.4, -0.2) is 43.7 Å². The number of carbonyl (C=O) groups excluding carboxylic acids is 1. The second kappa shape index (κ2) is 6.68. The van der Waals surface area contributed by atoms with E-state index in [0.29, 0.717) is 30.9 Å². The lowest BCUT2D eigenvalue weighted by Crippen LogP contribution is -2.39. The molecule has 1 saturated heterocycles. The molecule has 8 heteroatoms. The van der Waals surface area contributed by atoms with E-state index in [1.54, 1.807) is 17.9 Å². The van der Waals surface area contributed by atoms with Gasteiger partial charge in [-0.15, -0.1) is 0 Å². The van der Waals surface area contributed by atoms with Crippen molar-refractivity contribution in [2.45, 2.75) is 46.0 Å². The standard InChI is InChI=1S/C19H23N5O3/c1-4-14-12(3)20-17-9-15(21-24(17)18(14)25)13-6-5-7-23(10-13)19(26)16-8-11(2)22-27-16/h8-9,13,21H,4-7,10H2,1-3H3/t13-/m0/s1. The lowest BCUT2D eigenvalue weighted by atomic mass is 9.94. The molecule has 0 aliphatic carbocycles. The minimum absolute atomic E-state index is 0.0490. The predicted octanol–water partition coefficient (Wildman–Crippen LogP) is 2.21. The third kappa shape index (κ3) is 3.05. The van der Waals surface area contributed by atoms with Gasteiger partial charge >= 0.3 is 0 Å². The highest BCUT2D eigenvalue weighted by Crippen LogP contribution is 2.27. The van der Waals surface area contributed by atoms with Crippen molar-refractivity contribution in [3.05, 3.63) is 50.9 Å². The maximum Gasteiger partial charge on any atom is 0.292 e. The van der Waals surface area contributed by atoms with Gasteiger partial charge in [-0.1, -0.05) is 12.1 Å². The van der Waals surface area contributed by atoms with Gasteiger partial charge in [-0.2, -0.15) is 0 Å². The SMILES string of the molecule is CCc1c(C)nc2cc([C@H]3CCCN(C(=O)c4cc(C)no4)C3)[nH]n2c1=O. The molecule has 8 nitrogen and oxygen atoms in total. The lowest BCUT2D eigenvalue weighted by molar-refractivity contribution is 0.0663. The molecule has 0 spiro atoms. The highest BCUT2D eigenvalue weighted by Gasteiger charge is 2.28. The van der Waals surface area contributed by atoms with Crippen molar-refractivity contribution in [2.24, 2.45) is 0 Å². The first-order chi connectivity index (χ1) is 13.0. The molecule has 1 aliphatic rings. The predicted molar refractivity (Wildman–Crippen MR) is 99.0 cm³/mol. The van der Waals surface area contributed by atoms with E-state index in [4.69, 9.17) is 4.52 Å². The number of carbonyl (C=O) groups is 1. The van der Waals surface area contributed by atoms with Crippen LogP contribution in [0.3, 0.4) is 0 Å². The van der Waals surface area contributed by atoms with E-state index in [1.165, 1.54) is 4.52 Å². The van der Waals surface area contributed by atoms with Gasteiger partial charge in [0, 0.05) is 48.1 Å². The monoisotopic (exact) mass is 369 g/mol. The second-order valence-corrected chi connectivity index (χ2v) is 7.16. The maximum absolute atomic E-state index is 12.7. The van der Waals surface area contributed by atoms with Gasteiger partial charge in [-0.25, -0.2) is 9.50 Å². The van der Waals surface area contributed by atoms with Crippen molar-refractivity contribution in [3.63, 3.8) is 0 Å². The van der Waals surface area contributed by atoms with E-state index in [-0.39, 0.29) is 23.1 Å². The first-order valence-corrected chi connectivity index (χ1v) is 9.31. The summed E-state index contributed by atoms with van der Waals surface area (Å²) in [6, 6.07) is 3.58. The first-order valence-electron chi connectivity index (χ1n) is 9.31. The van der Waals surface area contributed by atoms with Gasteiger partial charge in [-0.3, -0.25) is 14.7 Å². The van der Waals surface area contributed by atoms with E-state index in [0.717, 1.165) is 29.8 Å². The molecule has 142 valence electrons. The number of hydrogen-bond acceptors (Lipinski definition) is 5. The van der Waals surface area contributed by atoms with Gasteiger partial charge in [0.1, 0.15) is 0 Å². The Morgan fingerprint density at radius 3 is 2.89 bits per heavy atom. The number of nitrogens with one attached hydrogen (secondary N) is 1. The minimum atomic E-state index is -0.143. The van der Waals surface area contributed by atoms with Crippen LogP contribution in [0.2, 0.25) is 0 Å². The zero-order chi connectivity index (χ0) is 19.1. The Bertz CT molecular complexity index is 1060. The summed E-state index contributed by atoms with van der Waals surface area (Å²) >= 11 is 0. The molecule has 4 rings (SSSR count). The number of likely N-dealkylation sites (tertiary alicyclic amines) is 1. The molecule has 0 aromatic carbocycles. The van der Waals surface area contributed by atoms with Gasteiger partial charge in [-0.05, 0) is 33.1 Å². The van der Waals surface area contributed by atoms with Crippen LogP contribution in [0.15, 0.2) is 21.5 Å². The fourth-order valence-corrected chi connectivity index (χ4v) is 3.84. The fourth-order valence-electron chi connectivity index (χ4n) is 3.84. The van der Waals surface area contributed by atoms with Crippen LogP contribution in [0.1, 0.15) is 58.9 Å². The fraction of sp³-hybridized carbons (Fsp3) is 0.474. The molecule has 0 bridgehead atoms. The summed E-state index contributed by atoms with van der Waals surface area (Å²) in [5.41, 5.74) is 3.69. The Hall–Kier alpha value is -2.90. The van der Waals surface area contributed by atoms with E-state index >= 15 is 0 Å². The van der Waals surface area contributed by atoms with Crippen molar-refractivity contribution in [1.82, 2.24) is 24.7 Å². The number of piperidine rings is 1. The third-order valence-corrected chi connectivity index (χ3v) is 5.28.